The number of aldehydes is 1. The quantitative estimate of drug-likeness (QED) is 0.290. The Kier molecular flexibility index (Phi) is 4.17. The number of benzene rings is 2. The molecule has 7 nitrogen and oxygen atoms in total. The molecule has 0 unspecified atom stereocenters. The lowest BCUT2D eigenvalue weighted by atomic mass is 10.1. The number of hydrogen-bond acceptors (Lipinski definition) is 6. The molecule has 0 radical (unpaired) electrons. The number of nitrogens with zero attached hydrogens (tertiary/aromatic N) is 3. The summed E-state index contributed by atoms with van der Waals surface area (Å²) in [4.78, 5) is 27.8. The third kappa shape index (κ3) is 2.85. The molecule has 0 amide bonds. The van der Waals surface area contributed by atoms with E-state index in [1.807, 2.05) is 29.6 Å². The molecular formula is C19H13N3O4S. The fourth-order valence-corrected chi connectivity index (χ4v) is 3.86. The van der Waals surface area contributed by atoms with Crippen LogP contribution in [-0.4, -0.2) is 27.7 Å². The van der Waals surface area contributed by atoms with Gasteiger partial charge in [-0.05, 0) is 12.1 Å². The number of thiazole rings is 1. The maximum atomic E-state index is 11.9. The molecule has 0 saturated carbocycles. The van der Waals surface area contributed by atoms with Crippen LogP contribution in [0.2, 0.25) is 0 Å². The van der Waals surface area contributed by atoms with Crippen LogP contribution in [0.25, 0.3) is 27.5 Å². The van der Waals surface area contributed by atoms with Gasteiger partial charge in [-0.3, -0.25) is 19.3 Å². The molecule has 8 heteroatoms. The monoisotopic (exact) mass is 379 g/mol. The van der Waals surface area contributed by atoms with Gasteiger partial charge in [0.05, 0.1) is 17.7 Å². The summed E-state index contributed by atoms with van der Waals surface area (Å²) < 4.78 is 6.98. The van der Waals surface area contributed by atoms with Gasteiger partial charge >= 0.3 is 0 Å². The number of carbonyl (C=O) groups excluding carboxylic acids is 1. The minimum absolute atomic E-state index is 0.00682. The van der Waals surface area contributed by atoms with Gasteiger partial charge in [0.25, 0.3) is 5.69 Å². The van der Waals surface area contributed by atoms with Gasteiger partial charge in [0.2, 0.25) is 0 Å². The summed E-state index contributed by atoms with van der Waals surface area (Å²) in [5, 5.41) is 12.9. The van der Waals surface area contributed by atoms with Crippen LogP contribution < -0.4 is 4.74 Å². The minimum atomic E-state index is -0.441. The molecule has 134 valence electrons. The summed E-state index contributed by atoms with van der Waals surface area (Å²) >= 11 is 1.37. The van der Waals surface area contributed by atoms with Crippen molar-refractivity contribution in [3.63, 3.8) is 0 Å². The fraction of sp³-hybridized carbons (Fsp3) is 0.0526. The summed E-state index contributed by atoms with van der Waals surface area (Å²) in [6.07, 6.45) is 0.752. The van der Waals surface area contributed by atoms with Crippen molar-refractivity contribution in [3.8, 4) is 28.3 Å². The van der Waals surface area contributed by atoms with Crippen LogP contribution in [0.4, 0.5) is 5.69 Å². The van der Waals surface area contributed by atoms with E-state index in [-0.39, 0.29) is 5.69 Å². The van der Waals surface area contributed by atoms with Crippen molar-refractivity contribution in [1.82, 2.24) is 9.38 Å². The zero-order chi connectivity index (χ0) is 19.0. The first-order valence-corrected chi connectivity index (χ1v) is 8.84. The van der Waals surface area contributed by atoms with E-state index in [0.717, 1.165) is 11.8 Å². The van der Waals surface area contributed by atoms with Crippen molar-refractivity contribution in [2.24, 2.45) is 0 Å². The fourth-order valence-electron chi connectivity index (χ4n) is 2.95. The van der Waals surface area contributed by atoms with Crippen LogP contribution in [0, 0.1) is 10.1 Å². The summed E-state index contributed by atoms with van der Waals surface area (Å²) in [7, 11) is 1.58. The van der Waals surface area contributed by atoms with E-state index in [1.54, 1.807) is 23.6 Å². The lowest BCUT2D eigenvalue weighted by molar-refractivity contribution is -0.384. The number of carbonyl (C=O) groups is 1. The molecule has 0 aliphatic rings. The average molecular weight is 379 g/mol. The zero-order valence-corrected chi connectivity index (χ0v) is 15.0. The maximum absolute atomic E-state index is 11.9. The number of non-ortho nitro benzene ring substituents is 1. The highest BCUT2D eigenvalue weighted by molar-refractivity contribution is 7.15. The van der Waals surface area contributed by atoms with E-state index in [1.165, 1.54) is 23.5 Å². The Labute approximate surface area is 157 Å². The van der Waals surface area contributed by atoms with Crippen molar-refractivity contribution in [3.05, 3.63) is 69.7 Å². The predicted molar refractivity (Wildman–Crippen MR) is 103 cm³/mol. The van der Waals surface area contributed by atoms with Gasteiger partial charge in [-0.1, -0.05) is 24.3 Å². The van der Waals surface area contributed by atoms with Crippen molar-refractivity contribution < 1.29 is 14.5 Å². The number of imidazole rings is 1. The second-order valence-electron chi connectivity index (χ2n) is 5.74. The molecule has 27 heavy (non-hydrogen) atoms. The zero-order valence-electron chi connectivity index (χ0n) is 14.2. The lowest BCUT2D eigenvalue weighted by Gasteiger charge is -2.04. The lowest BCUT2D eigenvalue weighted by Crippen LogP contribution is -1.95. The summed E-state index contributed by atoms with van der Waals surface area (Å²) in [6.45, 7) is 0. The molecule has 0 fully saturated rings. The molecule has 0 saturated heterocycles. The van der Waals surface area contributed by atoms with Crippen LogP contribution in [0.15, 0.2) is 53.9 Å². The Morgan fingerprint density at radius 2 is 1.96 bits per heavy atom. The number of aromatic nitrogens is 2. The van der Waals surface area contributed by atoms with Gasteiger partial charge in [0.15, 0.2) is 11.2 Å². The Morgan fingerprint density at radius 1 is 1.19 bits per heavy atom. The van der Waals surface area contributed by atoms with Crippen LogP contribution in [0.3, 0.4) is 0 Å². The smallest absolute Gasteiger partial charge is 0.270 e. The molecule has 0 bridgehead atoms. The number of hydrogen-bond donors (Lipinski definition) is 0. The van der Waals surface area contributed by atoms with E-state index in [4.69, 9.17) is 4.74 Å². The van der Waals surface area contributed by atoms with E-state index >= 15 is 0 Å². The molecule has 4 aromatic rings. The van der Waals surface area contributed by atoms with E-state index < -0.39 is 4.92 Å². The number of ether oxygens (including phenoxy) is 1. The molecular weight excluding hydrogens is 366 g/mol. The SMILES string of the molecule is COc1cccc(-c2nc3scc(-c4cccc([N+](=O)[O-])c4)n3c2C=O)c1. The molecule has 4 rings (SSSR count). The van der Waals surface area contributed by atoms with Gasteiger partial charge < -0.3 is 4.74 Å². The highest BCUT2D eigenvalue weighted by atomic mass is 32.1. The Morgan fingerprint density at radius 3 is 2.70 bits per heavy atom. The number of methoxy groups -OCH3 is 1. The Balaban J connectivity index is 1.93. The van der Waals surface area contributed by atoms with Crippen molar-refractivity contribution in [2.75, 3.05) is 7.11 Å². The van der Waals surface area contributed by atoms with Crippen LogP contribution in [0.1, 0.15) is 10.5 Å². The standard InChI is InChI=1S/C19H13N3O4S/c1-26-15-7-3-5-13(9-15)18-16(10-23)21-17(11-27-19(21)20-18)12-4-2-6-14(8-12)22(24)25/h2-11H,1H3. The molecule has 0 aliphatic carbocycles. The number of nitro benzene ring substituents is 1. The van der Waals surface area contributed by atoms with Crippen molar-refractivity contribution in [2.45, 2.75) is 0 Å². The first kappa shape index (κ1) is 16.9. The first-order chi connectivity index (χ1) is 13.1. The number of fused-ring (bicyclic) bond motifs is 1. The van der Waals surface area contributed by atoms with Gasteiger partial charge in [-0.15, -0.1) is 11.3 Å². The average Bonchev–Trinajstić information content (AvgIpc) is 3.27. The van der Waals surface area contributed by atoms with Crippen LogP contribution in [-0.2, 0) is 0 Å². The van der Waals surface area contributed by atoms with Gasteiger partial charge in [0, 0.05) is 28.6 Å². The molecule has 2 aromatic carbocycles. The molecule has 0 aliphatic heterocycles. The molecule has 2 aromatic heterocycles. The van der Waals surface area contributed by atoms with Crippen molar-refractivity contribution in [1.29, 1.82) is 0 Å². The second kappa shape index (κ2) is 6.65. The van der Waals surface area contributed by atoms with E-state index in [0.29, 0.717) is 33.4 Å². The third-order valence-corrected chi connectivity index (χ3v) is 5.03. The van der Waals surface area contributed by atoms with Crippen LogP contribution >= 0.6 is 11.3 Å². The topological polar surface area (TPSA) is 86.7 Å². The summed E-state index contributed by atoms with van der Waals surface area (Å²) in [6, 6.07) is 13.6. The highest BCUT2D eigenvalue weighted by Gasteiger charge is 2.19. The van der Waals surface area contributed by atoms with Crippen molar-refractivity contribution >= 4 is 28.3 Å². The molecule has 0 spiro atoms. The largest absolute Gasteiger partial charge is 0.497 e. The predicted octanol–water partition coefficient (Wildman–Crippen LogP) is 4.46. The van der Waals surface area contributed by atoms with Gasteiger partial charge in [0.1, 0.15) is 17.1 Å². The Bertz CT molecular complexity index is 1180. The molecule has 0 N–H and O–H groups in total. The van der Waals surface area contributed by atoms with Crippen LogP contribution in [0.5, 0.6) is 5.75 Å². The Hall–Kier alpha value is -3.52. The normalized spacial score (nSPS) is 10.9. The molecule has 2 heterocycles. The van der Waals surface area contributed by atoms with Gasteiger partial charge in [-0.2, -0.15) is 0 Å². The number of nitro groups is 1. The third-order valence-electron chi connectivity index (χ3n) is 4.21. The van der Waals surface area contributed by atoms with E-state index in [9.17, 15) is 14.9 Å². The summed E-state index contributed by atoms with van der Waals surface area (Å²) in [5.41, 5.74) is 3.02. The molecule has 0 atom stereocenters. The second-order valence-corrected chi connectivity index (χ2v) is 6.58. The first-order valence-electron chi connectivity index (χ1n) is 7.96. The maximum Gasteiger partial charge on any atom is 0.270 e. The number of rotatable bonds is 5. The van der Waals surface area contributed by atoms with Gasteiger partial charge in [-0.25, -0.2) is 4.98 Å². The highest BCUT2D eigenvalue weighted by Crippen LogP contribution is 2.34. The minimum Gasteiger partial charge on any atom is -0.497 e. The summed E-state index contributed by atoms with van der Waals surface area (Å²) in [5.74, 6) is 0.666. The van der Waals surface area contributed by atoms with E-state index in [2.05, 4.69) is 4.98 Å².